The summed E-state index contributed by atoms with van der Waals surface area (Å²) < 4.78 is 37.9. The van der Waals surface area contributed by atoms with Gasteiger partial charge in [-0.1, -0.05) is 77.6 Å². The number of hydrogen-bond donors (Lipinski definition) is 0. The zero-order valence-corrected chi connectivity index (χ0v) is 24.2. The van der Waals surface area contributed by atoms with Gasteiger partial charge in [-0.2, -0.15) is 5.26 Å². The summed E-state index contributed by atoms with van der Waals surface area (Å²) in [6.45, 7) is 2.03. The topological polar surface area (TPSA) is 62.7 Å². The van der Waals surface area contributed by atoms with Crippen LogP contribution in [0.15, 0.2) is 126 Å². The number of aryl methyl sites for hydroxylation is 1. The zero-order chi connectivity index (χ0) is 30.8. The summed E-state index contributed by atoms with van der Waals surface area (Å²) in [5, 5.41) is 11.4. The van der Waals surface area contributed by atoms with Crippen molar-refractivity contribution in [3.63, 3.8) is 0 Å². The SMILES string of the molecule is Cc1ccc(-c2[c-]cccc2)nc1.[2H]c1nc(-c2[c-]ccc3c2oc2c(C#N)c(-c4ccccc4)ccc23)c([2H])c([2H])c1[2H].[Ir]. The fraction of sp³-hybridized carbons (Fsp3) is 0.0278. The van der Waals surface area contributed by atoms with E-state index in [1.807, 2.05) is 85.9 Å². The summed E-state index contributed by atoms with van der Waals surface area (Å²) in [7, 11) is 0. The van der Waals surface area contributed by atoms with Crippen molar-refractivity contribution in [3.05, 3.63) is 145 Å². The third kappa shape index (κ3) is 5.71. The Morgan fingerprint density at radius 1 is 0.805 bits per heavy atom. The molecule has 0 amide bonds. The summed E-state index contributed by atoms with van der Waals surface area (Å²) in [4.78, 5) is 8.36. The number of rotatable bonds is 3. The van der Waals surface area contributed by atoms with Gasteiger partial charge in [0.25, 0.3) is 0 Å². The van der Waals surface area contributed by atoms with Crippen molar-refractivity contribution in [2.45, 2.75) is 6.92 Å². The Balaban J connectivity index is 0.000000240. The number of hydrogen-bond acceptors (Lipinski definition) is 4. The van der Waals surface area contributed by atoms with Crippen LogP contribution >= 0.6 is 0 Å². The summed E-state index contributed by atoms with van der Waals surface area (Å²) in [5.41, 5.74) is 6.41. The fourth-order valence-corrected chi connectivity index (χ4v) is 4.48. The Kier molecular flexibility index (Phi) is 6.99. The van der Waals surface area contributed by atoms with Crippen LogP contribution in [0.25, 0.3) is 55.6 Å². The first-order valence-corrected chi connectivity index (χ1v) is 12.6. The molecule has 199 valence electrons. The fourth-order valence-electron chi connectivity index (χ4n) is 4.48. The maximum Gasteiger partial charge on any atom is 0.139 e. The van der Waals surface area contributed by atoms with E-state index in [-0.39, 0.29) is 44.1 Å². The van der Waals surface area contributed by atoms with Gasteiger partial charge < -0.3 is 14.4 Å². The molecule has 0 aliphatic heterocycles. The van der Waals surface area contributed by atoms with E-state index in [4.69, 9.17) is 9.90 Å². The smallest absolute Gasteiger partial charge is 0.139 e. The van der Waals surface area contributed by atoms with Crippen LogP contribution in [-0.2, 0) is 20.1 Å². The number of furan rings is 1. The number of benzene rings is 4. The average Bonchev–Trinajstić information content (AvgIpc) is 3.46. The van der Waals surface area contributed by atoms with Crippen LogP contribution in [0.3, 0.4) is 0 Å². The van der Waals surface area contributed by atoms with E-state index in [9.17, 15) is 5.26 Å². The Labute approximate surface area is 257 Å². The maximum absolute atomic E-state index is 9.91. The molecule has 0 spiro atoms. The van der Waals surface area contributed by atoms with E-state index >= 15 is 0 Å². The quantitative estimate of drug-likeness (QED) is 0.172. The molecule has 0 unspecified atom stereocenters. The molecule has 7 aromatic rings. The summed E-state index contributed by atoms with van der Waals surface area (Å²) in [5.74, 6) is 0. The molecule has 3 aromatic heterocycles. The van der Waals surface area contributed by atoms with E-state index in [1.54, 1.807) is 12.1 Å². The van der Waals surface area contributed by atoms with Crippen LogP contribution in [0, 0.1) is 30.4 Å². The van der Waals surface area contributed by atoms with Gasteiger partial charge in [-0.15, -0.1) is 54.1 Å². The van der Waals surface area contributed by atoms with Crippen LogP contribution in [0.4, 0.5) is 0 Å². The number of fused-ring (bicyclic) bond motifs is 3. The minimum Gasteiger partial charge on any atom is -0.499 e. The van der Waals surface area contributed by atoms with Gasteiger partial charge in [-0.25, -0.2) is 0 Å². The van der Waals surface area contributed by atoms with Crippen LogP contribution in [-0.4, -0.2) is 9.97 Å². The van der Waals surface area contributed by atoms with Crippen molar-refractivity contribution >= 4 is 21.9 Å². The molecule has 3 heterocycles. The zero-order valence-electron chi connectivity index (χ0n) is 25.8. The van der Waals surface area contributed by atoms with Gasteiger partial charge in [-0.3, -0.25) is 0 Å². The van der Waals surface area contributed by atoms with E-state index in [1.165, 1.54) is 5.56 Å². The second-order valence-corrected chi connectivity index (χ2v) is 8.98. The first-order valence-electron chi connectivity index (χ1n) is 14.6. The van der Waals surface area contributed by atoms with E-state index in [0.717, 1.165) is 27.8 Å². The molecular weight excluding hydrogens is 683 g/mol. The van der Waals surface area contributed by atoms with Crippen molar-refractivity contribution in [2.75, 3.05) is 0 Å². The minimum atomic E-state index is -0.398. The number of pyridine rings is 2. The monoisotopic (exact) mass is 710 g/mol. The Morgan fingerprint density at radius 2 is 1.63 bits per heavy atom. The molecule has 0 bridgehead atoms. The molecule has 4 nitrogen and oxygen atoms in total. The minimum absolute atomic E-state index is 0. The van der Waals surface area contributed by atoms with Crippen molar-refractivity contribution in [2.24, 2.45) is 0 Å². The molecule has 0 aliphatic carbocycles. The van der Waals surface area contributed by atoms with Gasteiger partial charge in [0.2, 0.25) is 0 Å². The molecule has 4 aromatic carbocycles. The van der Waals surface area contributed by atoms with Gasteiger partial charge >= 0.3 is 0 Å². The molecule has 0 N–H and O–H groups in total. The molecule has 41 heavy (non-hydrogen) atoms. The van der Waals surface area contributed by atoms with Crippen molar-refractivity contribution in [1.82, 2.24) is 9.97 Å². The molecule has 0 fully saturated rings. The van der Waals surface area contributed by atoms with Crippen molar-refractivity contribution in [1.29, 1.82) is 5.26 Å². The van der Waals surface area contributed by atoms with Crippen molar-refractivity contribution in [3.8, 4) is 39.7 Å². The van der Waals surface area contributed by atoms with Gasteiger partial charge in [0.15, 0.2) is 0 Å². The molecule has 7 rings (SSSR count). The van der Waals surface area contributed by atoms with Crippen molar-refractivity contribution < 1.29 is 30.0 Å². The standard InChI is InChI=1S/C24H13N2O.C12H10N.Ir/c25-15-21-17(16-7-2-1-3-8-16)12-13-19-18-9-6-10-20(23(18)27-24(19)21)22-11-4-5-14-26-22;1-10-7-8-12(13-9-10)11-5-3-2-4-6-11;/h1-9,11-14H;2-5,7-9H,1H3;/q2*-1;/i4D,5D,11D,14D;;. The van der Waals surface area contributed by atoms with E-state index in [0.29, 0.717) is 27.7 Å². The molecule has 0 aliphatic rings. The second kappa shape index (κ2) is 12.5. The summed E-state index contributed by atoms with van der Waals surface area (Å²) >= 11 is 0. The van der Waals surface area contributed by atoms with E-state index in [2.05, 4.69) is 34.2 Å². The van der Waals surface area contributed by atoms with Crippen LogP contribution in [0.5, 0.6) is 0 Å². The largest absolute Gasteiger partial charge is 0.499 e. The van der Waals surface area contributed by atoms with Crippen LogP contribution < -0.4 is 0 Å². The first-order chi connectivity index (χ1) is 21.4. The molecule has 5 heteroatoms. The predicted octanol–water partition coefficient (Wildman–Crippen LogP) is 8.84. The van der Waals surface area contributed by atoms with Gasteiger partial charge in [0.1, 0.15) is 17.2 Å². The van der Waals surface area contributed by atoms with Gasteiger partial charge in [0, 0.05) is 43.4 Å². The molecule has 0 saturated heterocycles. The molecular formula is C36H23IrN3O-2. The Bertz CT molecular complexity index is 2180. The van der Waals surface area contributed by atoms with Gasteiger partial charge in [0.05, 0.1) is 11.1 Å². The molecule has 0 atom stereocenters. The number of nitriles is 1. The molecule has 1 radical (unpaired) electrons. The Morgan fingerprint density at radius 3 is 2.39 bits per heavy atom. The maximum atomic E-state index is 9.91. The predicted molar refractivity (Wildman–Crippen MR) is 159 cm³/mol. The van der Waals surface area contributed by atoms with Crippen LogP contribution in [0.2, 0.25) is 0 Å². The summed E-state index contributed by atoms with van der Waals surface area (Å²) in [6.07, 6.45) is 1.48. The van der Waals surface area contributed by atoms with E-state index < -0.39 is 6.04 Å². The number of nitrogens with zero attached hydrogens (tertiary/aromatic N) is 3. The normalized spacial score (nSPS) is 11.7. The third-order valence-corrected chi connectivity index (χ3v) is 6.40. The van der Waals surface area contributed by atoms with Gasteiger partial charge in [-0.05, 0) is 35.5 Å². The average molecular weight is 710 g/mol. The molecule has 0 saturated carbocycles. The van der Waals surface area contributed by atoms with Crippen LogP contribution in [0.1, 0.15) is 16.6 Å². The third-order valence-electron chi connectivity index (χ3n) is 6.40. The number of aromatic nitrogens is 2. The first kappa shape index (κ1) is 22.9. The summed E-state index contributed by atoms with van der Waals surface area (Å²) in [6, 6.07) is 36.1. The Hall–Kier alpha value is -4.88. The second-order valence-electron chi connectivity index (χ2n) is 8.98.